The van der Waals surface area contributed by atoms with Crippen LogP contribution in [0.5, 0.6) is 0 Å². The van der Waals surface area contributed by atoms with E-state index in [1.165, 1.54) is 25.7 Å². The van der Waals surface area contributed by atoms with Gasteiger partial charge in [0, 0.05) is 19.6 Å². The molecule has 0 aliphatic heterocycles. The number of carbonyl (C=O) groups excluding carboxylic acids is 1. The first kappa shape index (κ1) is 36.5. The number of carbonyl (C=O) groups is 1. The van der Waals surface area contributed by atoms with Crippen molar-refractivity contribution in [1.82, 2.24) is 0 Å². The number of phosphoric ester groups is 1. The minimum atomic E-state index is -4.27. The molecule has 0 heterocycles. The highest BCUT2D eigenvalue weighted by molar-refractivity contribution is 7.47. The van der Waals surface area contributed by atoms with E-state index in [2.05, 4.69) is 50.3 Å². The molecule has 0 spiro atoms. The van der Waals surface area contributed by atoms with Crippen LogP contribution in [0.15, 0.2) is 48.6 Å². The lowest BCUT2D eigenvalue weighted by Gasteiger charge is -2.19. The fourth-order valence-corrected chi connectivity index (χ4v) is 4.01. The molecule has 0 amide bonds. The summed E-state index contributed by atoms with van der Waals surface area (Å²) in [5.74, 6) is -0.417. The van der Waals surface area contributed by atoms with Gasteiger partial charge in [-0.25, -0.2) is 4.57 Å². The second kappa shape index (κ2) is 27.0. The van der Waals surface area contributed by atoms with Gasteiger partial charge in [-0.3, -0.25) is 13.8 Å². The van der Waals surface area contributed by atoms with Gasteiger partial charge in [0.05, 0.1) is 19.8 Å². The van der Waals surface area contributed by atoms with Gasteiger partial charge in [-0.2, -0.15) is 0 Å². The van der Waals surface area contributed by atoms with Gasteiger partial charge < -0.3 is 20.1 Å². The summed E-state index contributed by atoms with van der Waals surface area (Å²) in [5.41, 5.74) is 5.30. The van der Waals surface area contributed by atoms with Gasteiger partial charge in [-0.15, -0.1) is 0 Å². The largest absolute Gasteiger partial charge is 0.472 e. The van der Waals surface area contributed by atoms with Crippen LogP contribution in [0.1, 0.15) is 90.9 Å². The maximum Gasteiger partial charge on any atom is 0.472 e. The van der Waals surface area contributed by atoms with E-state index in [0.717, 1.165) is 38.5 Å². The number of allylic oxidation sites excluding steroid dienone is 8. The highest BCUT2D eigenvalue weighted by atomic mass is 31.2. The predicted molar refractivity (Wildman–Crippen MR) is 155 cm³/mol. The zero-order valence-electron chi connectivity index (χ0n) is 23.6. The molecule has 0 saturated heterocycles. The fraction of sp³-hybridized carbons (Fsp3) is 0.690. The number of unbranched alkanes of at least 4 members (excludes halogenated alkanes) is 5. The SMILES string of the molecule is CC/C=C\C/C=C\C/C=C\C/C=C\CCC(=O)OC(COCCCCCCCC)COP(=O)(O)OCCN. The van der Waals surface area contributed by atoms with Crippen LogP contribution in [-0.2, 0) is 27.9 Å². The first-order chi connectivity index (χ1) is 18.4. The zero-order valence-corrected chi connectivity index (χ0v) is 24.5. The second-order valence-corrected chi connectivity index (χ2v) is 10.3. The molecule has 0 rings (SSSR count). The number of hydrogen-bond donors (Lipinski definition) is 2. The normalized spacial score (nSPS) is 14.7. The average molecular weight is 558 g/mol. The number of rotatable bonds is 26. The first-order valence-electron chi connectivity index (χ1n) is 14.1. The Hall–Kier alpha value is -1.54. The third-order valence-corrected chi connectivity index (χ3v) is 6.26. The lowest BCUT2D eigenvalue weighted by Crippen LogP contribution is -2.28. The molecule has 0 aromatic rings. The summed E-state index contributed by atoms with van der Waals surface area (Å²) >= 11 is 0. The van der Waals surface area contributed by atoms with Crippen molar-refractivity contribution < 1.29 is 32.8 Å². The lowest BCUT2D eigenvalue weighted by molar-refractivity contribution is -0.154. The number of nitrogens with two attached hydrogens (primary N) is 1. The molecule has 38 heavy (non-hydrogen) atoms. The third kappa shape index (κ3) is 26.1. The molecule has 2 unspecified atom stereocenters. The standard InChI is InChI=1S/C29H52NO7P/c1-3-5-7-9-11-12-13-14-15-16-17-18-20-22-29(31)37-28(27-36-38(32,33)35-25-23-30)26-34-24-21-19-10-8-6-4-2/h5,7,11-12,14-15,17-18,28H,3-4,6,8-10,13,16,19-27,30H2,1-2H3,(H,32,33)/b7-5-,12-11-,15-14-,18-17-. The molecule has 0 saturated carbocycles. The summed E-state index contributed by atoms with van der Waals surface area (Å²) < 4.78 is 32.8. The van der Waals surface area contributed by atoms with Gasteiger partial charge in [0.25, 0.3) is 0 Å². The summed E-state index contributed by atoms with van der Waals surface area (Å²) in [4.78, 5) is 22.0. The Bertz CT molecular complexity index is 722. The van der Waals surface area contributed by atoms with E-state index in [4.69, 9.17) is 24.3 Å². The molecule has 0 aliphatic rings. The third-order valence-electron chi connectivity index (χ3n) is 5.27. The van der Waals surface area contributed by atoms with Crippen LogP contribution in [0.2, 0.25) is 0 Å². The Morgan fingerprint density at radius 2 is 1.42 bits per heavy atom. The van der Waals surface area contributed by atoms with Crippen molar-refractivity contribution >= 4 is 13.8 Å². The summed E-state index contributed by atoms with van der Waals surface area (Å²) in [6.45, 7) is 4.60. The maximum absolute atomic E-state index is 12.3. The molecular formula is C29H52NO7P. The van der Waals surface area contributed by atoms with E-state index in [9.17, 15) is 14.3 Å². The summed E-state index contributed by atoms with van der Waals surface area (Å²) in [7, 11) is -4.27. The van der Waals surface area contributed by atoms with Crippen molar-refractivity contribution in [3.05, 3.63) is 48.6 Å². The zero-order chi connectivity index (χ0) is 28.2. The van der Waals surface area contributed by atoms with Gasteiger partial charge in [-0.05, 0) is 38.5 Å². The molecule has 0 bridgehead atoms. The highest BCUT2D eigenvalue weighted by Gasteiger charge is 2.25. The van der Waals surface area contributed by atoms with E-state index in [-0.39, 0.29) is 32.8 Å². The Morgan fingerprint density at radius 3 is 2.05 bits per heavy atom. The quantitative estimate of drug-likeness (QED) is 0.0508. The van der Waals surface area contributed by atoms with Crippen molar-refractivity contribution in [2.75, 3.05) is 33.0 Å². The minimum absolute atomic E-state index is 0.0849. The Labute approximate surface area is 230 Å². The predicted octanol–water partition coefficient (Wildman–Crippen LogP) is 6.95. The number of ether oxygens (including phenoxy) is 2. The molecule has 0 radical (unpaired) electrons. The van der Waals surface area contributed by atoms with Gasteiger partial charge in [0.1, 0.15) is 6.10 Å². The summed E-state index contributed by atoms with van der Waals surface area (Å²) in [6.07, 6.45) is 27.3. The van der Waals surface area contributed by atoms with E-state index in [1.54, 1.807) is 0 Å². The monoisotopic (exact) mass is 557 g/mol. The topological polar surface area (TPSA) is 117 Å². The Kier molecular flexibility index (Phi) is 25.9. The molecule has 3 N–H and O–H groups in total. The number of hydrogen-bond acceptors (Lipinski definition) is 7. The van der Waals surface area contributed by atoms with E-state index in [0.29, 0.717) is 13.0 Å². The van der Waals surface area contributed by atoms with Gasteiger partial charge in [0.15, 0.2) is 0 Å². The van der Waals surface area contributed by atoms with Gasteiger partial charge >= 0.3 is 13.8 Å². The van der Waals surface area contributed by atoms with Crippen LogP contribution in [0.25, 0.3) is 0 Å². The lowest BCUT2D eigenvalue weighted by atomic mass is 10.1. The van der Waals surface area contributed by atoms with Crippen LogP contribution < -0.4 is 5.73 Å². The van der Waals surface area contributed by atoms with Crippen LogP contribution >= 0.6 is 7.82 Å². The van der Waals surface area contributed by atoms with Crippen LogP contribution in [0, 0.1) is 0 Å². The van der Waals surface area contributed by atoms with Crippen LogP contribution in [0.3, 0.4) is 0 Å². The average Bonchev–Trinajstić information content (AvgIpc) is 2.90. The van der Waals surface area contributed by atoms with E-state index >= 15 is 0 Å². The van der Waals surface area contributed by atoms with Crippen LogP contribution in [-0.4, -0.2) is 49.9 Å². The maximum atomic E-state index is 12.3. The van der Waals surface area contributed by atoms with E-state index in [1.807, 2.05) is 12.2 Å². The number of phosphoric acid groups is 1. The van der Waals surface area contributed by atoms with Crippen molar-refractivity contribution in [3.63, 3.8) is 0 Å². The smallest absolute Gasteiger partial charge is 0.457 e. The van der Waals surface area contributed by atoms with Crippen molar-refractivity contribution in [2.24, 2.45) is 5.73 Å². The van der Waals surface area contributed by atoms with Crippen molar-refractivity contribution in [2.45, 2.75) is 97.0 Å². The summed E-state index contributed by atoms with van der Waals surface area (Å²) in [5, 5.41) is 0. The molecule has 2 atom stereocenters. The number of esters is 1. The van der Waals surface area contributed by atoms with Crippen molar-refractivity contribution in [3.8, 4) is 0 Å². The summed E-state index contributed by atoms with van der Waals surface area (Å²) in [6, 6.07) is 0. The molecule has 0 aliphatic carbocycles. The first-order valence-corrected chi connectivity index (χ1v) is 15.6. The molecule has 8 nitrogen and oxygen atoms in total. The minimum Gasteiger partial charge on any atom is -0.457 e. The van der Waals surface area contributed by atoms with Crippen LogP contribution in [0.4, 0.5) is 0 Å². The van der Waals surface area contributed by atoms with Crippen molar-refractivity contribution in [1.29, 1.82) is 0 Å². The van der Waals surface area contributed by atoms with Gasteiger partial charge in [0.2, 0.25) is 0 Å². The second-order valence-electron chi connectivity index (χ2n) is 8.88. The molecular weight excluding hydrogens is 505 g/mol. The Morgan fingerprint density at radius 1 is 0.816 bits per heavy atom. The molecule has 9 heteroatoms. The van der Waals surface area contributed by atoms with Gasteiger partial charge in [-0.1, -0.05) is 94.6 Å². The molecule has 0 fully saturated rings. The highest BCUT2D eigenvalue weighted by Crippen LogP contribution is 2.43. The Balaban J connectivity index is 4.35. The molecule has 0 aromatic heterocycles. The fourth-order valence-electron chi connectivity index (χ4n) is 3.24. The molecule has 220 valence electrons. The van der Waals surface area contributed by atoms with E-state index < -0.39 is 19.9 Å². The molecule has 0 aromatic carbocycles.